The molecule has 0 atom stereocenters. The van der Waals surface area contributed by atoms with E-state index in [-0.39, 0.29) is 18.1 Å². The van der Waals surface area contributed by atoms with Crippen molar-refractivity contribution < 1.29 is 4.79 Å². The van der Waals surface area contributed by atoms with E-state index >= 15 is 0 Å². The van der Waals surface area contributed by atoms with E-state index in [1.807, 2.05) is 42.6 Å². The summed E-state index contributed by atoms with van der Waals surface area (Å²) in [5.74, 6) is 0.314. The molecule has 0 spiro atoms. The van der Waals surface area contributed by atoms with Crippen LogP contribution in [-0.2, 0) is 24.4 Å². The number of hydrogen-bond acceptors (Lipinski definition) is 5. The van der Waals surface area contributed by atoms with E-state index < -0.39 is 0 Å². The first-order chi connectivity index (χ1) is 12.0. The van der Waals surface area contributed by atoms with E-state index in [1.54, 1.807) is 11.5 Å². The summed E-state index contributed by atoms with van der Waals surface area (Å²) in [6.45, 7) is 4.35. The third-order valence-corrected chi connectivity index (χ3v) is 4.54. The van der Waals surface area contributed by atoms with Crippen molar-refractivity contribution in [2.75, 3.05) is 0 Å². The minimum Gasteiger partial charge on any atom is -0.349 e. The number of aromatic nitrogens is 4. The van der Waals surface area contributed by atoms with Crippen LogP contribution in [0.2, 0.25) is 0 Å². The van der Waals surface area contributed by atoms with Gasteiger partial charge in [0.15, 0.2) is 0 Å². The summed E-state index contributed by atoms with van der Waals surface area (Å²) in [6.07, 6.45) is 0. The molecule has 0 fully saturated rings. The molecule has 25 heavy (non-hydrogen) atoms. The fourth-order valence-electron chi connectivity index (χ4n) is 2.47. The van der Waals surface area contributed by atoms with Crippen molar-refractivity contribution in [2.24, 2.45) is 0 Å². The van der Waals surface area contributed by atoms with Crippen LogP contribution in [0.25, 0.3) is 0 Å². The lowest BCUT2D eigenvalue weighted by atomic mass is 10.2. The van der Waals surface area contributed by atoms with Gasteiger partial charge < -0.3 is 5.32 Å². The van der Waals surface area contributed by atoms with Gasteiger partial charge in [-0.25, -0.2) is 14.5 Å². The van der Waals surface area contributed by atoms with Gasteiger partial charge in [-0.3, -0.25) is 9.36 Å². The van der Waals surface area contributed by atoms with E-state index in [2.05, 4.69) is 15.4 Å². The highest BCUT2D eigenvalue weighted by Crippen LogP contribution is 2.07. The van der Waals surface area contributed by atoms with Gasteiger partial charge in [-0.2, -0.15) is 5.10 Å². The quantitative estimate of drug-likeness (QED) is 0.724. The predicted molar refractivity (Wildman–Crippen MR) is 95.5 cm³/mol. The molecule has 8 heteroatoms. The molecule has 0 aliphatic carbocycles. The number of rotatable bonds is 6. The largest absolute Gasteiger partial charge is 0.349 e. The molecule has 0 aliphatic rings. The maximum atomic E-state index is 12.5. The Morgan fingerprint density at radius 2 is 2.00 bits per heavy atom. The highest BCUT2D eigenvalue weighted by Gasteiger charge is 2.13. The molecule has 0 saturated carbocycles. The summed E-state index contributed by atoms with van der Waals surface area (Å²) >= 11 is 1.54. The fraction of sp³-hybridized carbons (Fsp3) is 0.294. The zero-order valence-electron chi connectivity index (χ0n) is 14.1. The number of nitrogens with one attached hydrogen (secondary N) is 1. The monoisotopic (exact) mass is 357 g/mol. The molecule has 3 aromatic rings. The molecule has 3 rings (SSSR count). The van der Waals surface area contributed by atoms with Crippen LogP contribution in [0.5, 0.6) is 0 Å². The second-order valence-corrected chi connectivity index (χ2v) is 6.76. The highest BCUT2D eigenvalue weighted by molar-refractivity contribution is 7.09. The molecule has 130 valence electrons. The van der Waals surface area contributed by atoms with Gasteiger partial charge in [0.05, 0.1) is 23.8 Å². The zero-order chi connectivity index (χ0) is 17.8. The standard InChI is InChI=1S/C17H19N5O2S/c1-12-20-22(10-16(23)18-8-15-11-25-13(2)19-15)17(24)21(12)9-14-6-4-3-5-7-14/h3-7,11H,8-10H2,1-2H3,(H,18,23). The first kappa shape index (κ1) is 17.1. The van der Waals surface area contributed by atoms with Gasteiger partial charge in [-0.1, -0.05) is 30.3 Å². The summed E-state index contributed by atoms with van der Waals surface area (Å²) in [6, 6.07) is 9.68. The van der Waals surface area contributed by atoms with Crippen molar-refractivity contribution >= 4 is 17.2 Å². The molecule has 7 nitrogen and oxygen atoms in total. The third-order valence-electron chi connectivity index (χ3n) is 3.72. The molecule has 0 unspecified atom stereocenters. The number of thiazole rings is 1. The number of amides is 1. The van der Waals surface area contributed by atoms with Gasteiger partial charge in [0.25, 0.3) is 0 Å². The van der Waals surface area contributed by atoms with Gasteiger partial charge in [-0.15, -0.1) is 11.3 Å². The van der Waals surface area contributed by atoms with Crippen LogP contribution in [0.1, 0.15) is 22.1 Å². The number of carbonyl (C=O) groups is 1. The molecular weight excluding hydrogens is 338 g/mol. The minimum atomic E-state index is -0.291. The van der Waals surface area contributed by atoms with Crippen LogP contribution in [0.3, 0.4) is 0 Å². The molecule has 0 saturated heterocycles. The molecule has 1 amide bonds. The number of benzene rings is 1. The Morgan fingerprint density at radius 3 is 2.68 bits per heavy atom. The topological polar surface area (TPSA) is 81.8 Å². The van der Waals surface area contributed by atoms with Crippen molar-refractivity contribution in [3.63, 3.8) is 0 Å². The van der Waals surface area contributed by atoms with E-state index in [1.165, 1.54) is 16.0 Å². The Labute approximate surface area is 149 Å². The predicted octanol–water partition coefficient (Wildman–Crippen LogP) is 1.48. The molecule has 0 aliphatic heterocycles. The maximum Gasteiger partial charge on any atom is 0.346 e. The van der Waals surface area contributed by atoms with E-state index in [0.717, 1.165) is 16.3 Å². The van der Waals surface area contributed by atoms with Gasteiger partial charge in [0.1, 0.15) is 12.4 Å². The number of nitrogens with zero attached hydrogens (tertiary/aromatic N) is 4. The Morgan fingerprint density at radius 1 is 1.24 bits per heavy atom. The van der Waals surface area contributed by atoms with Gasteiger partial charge in [0, 0.05) is 5.38 Å². The van der Waals surface area contributed by atoms with E-state index in [4.69, 9.17) is 0 Å². The Hall–Kier alpha value is -2.74. The third kappa shape index (κ3) is 4.21. The van der Waals surface area contributed by atoms with Gasteiger partial charge in [-0.05, 0) is 19.4 Å². The molecule has 1 aromatic carbocycles. The van der Waals surface area contributed by atoms with E-state index in [0.29, 0.717) is 18.9 Å². The second kappa shape index (κ2) is 7.43. The van der Waals surface area contributed by atoms with Crippen LogP contribution in [-0.4, -0.2) is 25.2 Å². The average molecular weight is 357 g/mol. The first-order valence-corrected chi connectivity index (χ1v) is 8.77. The molecule has 0 bridgehead atoms. The van der Waals surface area contributed by atoms with Crippen molar-refractivity contribution in [3.05, 3.63) is 68.3 Å². The average Bonchev–Trinajstić information content (AvgIpc) is 3.12. The Bertz CT molecular complexity index is 926. The molecule has 1 N–H and O–H groups in total. The molecular formula is C17H19N5O2S. The maximum absolute atomic E-state index is 12.5. The van der Waals surface area contributed by atoms with E-state index in [9.17, 15) is 9.59 Å². The number of aryl methyl sites for hydroxylation is 2. The lowest BCUT2D eigenvalue weighted by molar-refractivity contribution is -0.122. The molecule has 2 heterocycles. The fourth-order valence-corrected chi connectivity index (χ4v) is 3.08. The van der Waals surface area contributed by atoms with Crippen molar-refractivity contribution in [3.8, 4) is 0 Å². The van der Waals surface area contributed by atoms with Crippen LogP contribution in [0, 0.1) is 13.8 Å². The van der Waals surface area contributed by atoms with Gasteiger partial charge in [0.2, 0.25) is 5.91 Å². The highest BCUT2D eigenvalue weighted by atomic mass is 32.1. The minimum absolute atomic E-state index is 0.107. The van der Waals surface area contributed by atoms with Crippen LogP contribution < -0.4 is 11.0 Å². The summed E-state index contributed by atoms with van der Waals surface area (Å²) in [5, 5.41) is 9.82. The summed E-state index contributed by atoms with van der Waals surface area (Å²) < 4.78 is 2.76. The van der Waals surface area contributed by atoms with Gasteiger partial charge >= 0.3 is 5.69 Å². The second-order valence-electron chi connectivity index (χ2n) is 5.69. The van der Waals surface area contributed by atoms with Crippen molar-refractivity contribution in [1.82, 2.24) is 24.6 Å². The number of hydrogen-bond donors (Lipinski definition) is 1. The smallest absolute Gasteiger partial charge is 0.346 e. The Kier molecular flexibility index (Phi) is 5.08. The van der Waals surface area contributed by atoms with Crippen LogP contribution in [0.15, 0.2) is 40.5 Å². The first-order valence-electron chi connectivity index (χ1n) is 7.89. The normalized spacial score (nSPS) is 10.8. The zero-order valence-corrected chi connectivity index (χ0v) is 14.9. The lowest BCUT2D eigenvalue weighted by Gasteiger charge is -2.03. The lowest BCUT2D eigenvalue weighted by Crippen LogP contribution is -2.33. The van der Waals surface area contributed by atoms with Crippen LogP contribution in [0.4, 0.5) is 0 Å². The van der Waals surface area contributed by atoms with Crippen molar-refractivity contribution in [1.29, 1.82) is 0 Å². The SMILES string of the molecule is Cc1nc(CNC(=O)Cn2nc(C)n(Cc3ccccc3)c2=O)cs1. The van der Waals surface area contributed by atoms with Crippen LogP contribution >= 0.6 is 11.3 Å². The molecule has 0 radical (unpaired) electrons. The summed E-state index contributed by atoms with van der Waals surface area (Å²) in [5.41, 5.74) is 1.53. The summed E-state index contributed by atoms with van der Waals surface area (Å²) in [7, 11) is 0. The van der Waals surface area contributed by atoms with Crippen molar-refractivity contribution in [2.45, 2.75) is 33.5 Å². The molecule has 2 aromatic heterocycles. The Balaban J connectivity index is 1.65. The summed E-state index contributed by atoms with van der Waals surface area (Å²) in [4.78, 5) is 28.8. The number of carbonyl (C=O) groups excluding carboxylic acids is 1.